The normalized spacial score (nSPS) is 11.2. The molecule has 0 aliphatic heterocycles. The first-order valence-corrected chi connectivity index (χ1v) is 9.37. The van der Waals surface area contributed by atoms with Gasteiger partial charge in [-0.25, -0.2) is 33.5 Å². The lowest BCUT2D eigenvalue weighted by Gasteiger charge is -2.16. The number of aromatic nitrogens is 4. The molecule has 0 unspecified atom stereocenters. The Morgan fingerprint density at radius 2 is 1.37 bits per heavy atom. The van der Waals surface area contributed by atoms with Crippen molar-refractivity contribution in [3.05, 3.63) is 36.7 Å². The van der Waals surface area contributed by atoms with E-state index in [2.05, 4.69) is 30.6 Å². The molecule has 0 saturated heterocycles. The molecule has 0 spiro atoms. The highest BCUT2D eigenvalue weighted by atomic mass is 32.2. The molecule has 6 N–H and O–H groups in total. The van der Waals surface area contributed by atoms with Crippen LogP contribution in [0.25, 0.3) is 22.5 Å². The zero-order chi connectivity index (χ0) is 19.6. The van der Waals surface area contributed by atoms with Crippen LogP contribution in [0.1, 0.15) is 0 Å². The average molecular weight is 386 g/mol. The molecule has 27 heavy (non-hydrogen) atoms. The Morgan fingerprint density at radius 1 is 0.852 bits per heavy atom. The van der Waals surface area contributed by atoms with Gasteiger partial charge in [-0.1, -0.05) is 0 Å². The van der Waals surface area contributed by atoms with E-state index in [0.717, 1.165) is 0 Å². The van der Waals surface area contributed by atoms with E-state index in [4.69, 9.17) is 10.9 Å². The van der Waals surface area contributed by atoms with Gasteiger partial charge in [-0.15, -0.1) is 0 Å². The summed E-state index contributed by atoms with van der Waals surface area (Å²) in [5.41, 5.74) is 7.91. The van der Waals surface area contributed by atoms with E-state index in [0.29, 0.717) is 34.5 Å². The average Bonchev–Trinajstić information content (AvgIpc) is 2.66. The van der Waals surface area contributed by atoms with Crippen LogP contribution in [-0.2, 0) is 10.0 Å². The molecule has 140 valence electrons. The number of nitrogens with zero attached hydrogens (tertiary/aromatic N) is 4. The molecule has 1 aromatic carbocycles. The third-order valence-corrected chi connectivity index (χ3v) is 4.73. The number of hydrogen-bond donors (Lipinski definition) is 4. The molecule has 11 heteroatoms. The quantitative estimate of drug-likeness (QED) is 0.467. The van der Waals surface area contributed by atoms with Gasteiger partial charge in [-0.05, 0) is 24.3 Å². The number of nitrogen functional groups attached to an aromatic ring is 1. The molecule has 0 saturated carbocycles. The molecule has 3 aromatic rings. The van der Waals surface area contributed by atoms with Crippen LogP contribution in [0.3, 0.4) is 0 Å². The topological polar surface area (TPSA) is 162 Å². The number of anilines is 3. The molecule has 3 rings (SSSR count). The second-order valence-electron chi connectivity index (χ2n) is 5.48. The molecule has 0 bridgehead atoms. The van der Waals surface area contributed by atoms with Gasteiger partial charge < -0.3 is 16.4 Å². The highest BCUT2D eigenvalue weighted by molar-refractivity contribution is 7.89. The lowest BCUT2D eigenvalue weighted by atomic mass is 9.99. The van der Waals surface area contributed by atoms with Gasteiger partial charge in [0.1, 0.15) is 0 Å². The van der Waals surface area contributed by atoms with Crippen molar-refractivity contribution in [2.24, 2.45) is 5.14 Å². The second kappa shape index (κ2) is 7.13. The molecule has 0 fully saturated rings. The summed E-state index contributed by atoms with van der Waals surface area (Å²) in [7, 11) is -0.729. The van der Waals surface area contributed by atoms with E-state index in [1.807, 2.05) is 0 Å². The van der Waals surface area contributed by atoms with Crippen molar-refractivity contribution >= 4 is 27.6 Å². The summed E-state index contributed by atoms with van der Waals surface area (Å²) in [4.78, 5) is 16.7. The Labute approximate surface area is 156 Å². The van der Waals surface area contributed by atoms with E-state index in [9.17, 15) is 8.42 Å². The van der Waals surface area contributed by atoms with E-state index in [1.54, 1.807) is 32.4 Å². The van der Waals surface area contributed by atoms with Crippen LogP contribution in [0.15, 0.2) is 41.6 Å². The number of sulfonamides is 1. The summed E-state index contributed by atoms with van der Waals surface area (Å²) in [6.07, 6.45) is 3.05. The Hall–Kier alpha value is -3.31. The third kappa shape index (κ3) is 3.64. The van der Waals surface area contributed by atoms with Gasteiger partial charge in [0.25, 0.3) is 0 Å². The van der Waals surface area contributed by atoms with Crippen molar-refractivity contribution < 1.29 is 8.42 Å². The zero-order valence-corrected chi connectivity index (χ0v) is 15.4. The standard InChI is InChI=1S/C16H18N8O2S/c1-19-15-21-7-5-10(23-15)13-9(17)3-4-12(27(18,25)26)14(13)11-6-8-22-16(20-2)24-11/h3-8H,17H2,1-2H3,(H2,18,25,26)(H,19,21,23)(H,20,22,24). The predicted octanol–water partition coefficient (Wildman–Crippen LogP) is 0.914. The molecule has 0 amide bonds. The maximum absolute atomic E-state index is 12.2. The predicted molar refractivity (Wildman–Crippen MR) is 103 cm³/mol. The maximum atomic E-state index is 12.2. The summed E-state index contributed by atoms with van der Waals surface area (Å²) < 4.78 is 24.5. The van der Waals surface area contributed by atoms with Crippen LogP contribution >= 0.6 is 0 Å². The minimum atomic E-state index is -4.06. The Balaban J connectivity index is 2.42. The minimum absolute atomic E-state index is 0.114. The Bertz CT molecular complexity index is 1100. The van der Waals surface area contributed by atoms with Gasteiger partial charge in [0.05, 0.1) is 16.3 Å². The van der Waals surface area contributed by atoms with E-state index < -0.39 is 10.0 Å². The van der Waals surface area contributed by atoms with Gasteiger partial charge in [0.15, 0.2) is 0 Å². The van der Waals surface area contributed by atoms with Crippen LogP contribution in [0.2, 0.25) is 0 Å². The number of nitrogens with one attached hydrogen (secondary N) is 2. The SMILES string of the molecule is CNc1nccc(-c2c(N)ccc(S(N)(=O)=O)c2-c2ccnc(NC)n2)n1. The molecular weight excluding hydrogens is 368 g/mol. The van der Waals surface area contributed by atoms with Crippen LogP contribution in [0, 0.1) is 0 Å². The molecule has 2 aromatic heterocycles. The lowest BCUT2D eigenvalue weighted by Crippen LogP contribution is -2.15. The monoisotopic (exact) mass is 386 g/mol. The van der Waals surface area contributed by atoms with Crippen molar-refractivity contribution in [2.75, 3.05) is 30.5 Å². The summed E-state index contributed by atoms with van der Waals surface area (Å²) in [6, 6.07) is 6.03. The van der Waals surface area contributed by atoms with E-state index in [1.165, 1.54) is 18.3 Å². The first-order valence-electron chi connectivity index (χ1n) is 7.82. The number of nitrogens with two attached hydrogens (primary N) is 2. The first kappa shape index (κ1) is 18.5. The first-order chi connectivity index (χ1) is 12.8. The fourth-order valence-electron chi connectivity index (χ4n) is 2.60. The second-order valence-corrected chi connectivity index (χ2v) is 7.01. The summed E-state index contributed by atoms with van der Waals surface area (Å²) in [6.45, 7) is 0. The molecule has 0 aliphatic carbocycles. The van der Waals surface area contributed by atoms with Gasteiger partial charge in [-0.3, -0.25) is 0 Å². The van der Waals surface area contributed by atoms with Crippen molar-refractivity contribution in [2.45, 2.75) is 4.90 Å². The van der Waals surface area contributed by atoms with Crippen LogP contribution in [-0.4, -0.2) is 42.4 Å². The van der Waals surface area contributed by atoms with Crippen LogP contribution in [0.5, 0.6) is 0 Å². The number of primary sulfonamides is 1. The highest BCUT2D eigenvalue weighted by Crippen LogP contribution is 2.39. The van der Waals surface area contributed by atoms with E-state index >= 15 is 0 Å². The number of benzene rings is 1. The van der Waals surface area contributed by atoms with Crippen molar-refractivity contribution in [3.63, 3.8) is 0 Å². The Kier molecular flexibility index (Phi) is 4.88. The summed E-state index contributed by atoms with van der Waals surface area (Å²) in [5.74, 6) is 0.678. The van der Waals surface area contributed by atoms with Crippen LogP contribution < -0.4 is 21.5 Å². The highest BCUT2D eigenvalue weighted by Gasteiger charge is 2.24. The lowest BCUT2D eigenvalue weighted by molar-refractivity contribution is 0.598. The van der Waals surface area contributed by atoms with Gasteiger partial charge in [0, 0.05) is 43.3 Å². The smallest absolute Gasteiger partial charge is 0.238 e. The van der Waals surface area contributed by atoms with Gasteiger partial charge in [-0.2, -0.15) is 0 Å². The minimum Gasteiger partial charge on any atom is -0.398 e. The van der Waals surface area contributed by atoms with Crippen LogP contribution in [0.4, 0.5) is 17.6 Å². The molecule has 0 radical (unpaired) electrons. The van der Waals surface area contributed by atoms with Crippen molar-refractivity contribution in [1.82, 2.24) is 19.9 Å². The number of rotatable bonds is 5. The molecular formula is C16H18N8O2S. The van der Waals surface area contributed by atoms with Gasteiger partial charge >= 0.3 is 0 Å². The van der Waals surface area contributed by atoms with Crippen molar-refractivity contribution in [3.8, 4) is 22.5 Å². The van der Waals surface area contributed by atoms with E-state index in [-0.39, 0.29) is 10.5 Å². The Morgan fingerprint density at radius 3 is 1.85 bits per heavy atom. The molecule has 10 nitrogen and oxygen atoms in total. The molecule has 2 heterocycles. The summed E-state index contributed by atoms with van der Waals surface area (Å²) in [5, 5.41) is 11.1. The molecule has 0 aliphatic rings. The third-order valence-electron chi connectivity index (χ3n) is 3.78. The van der Waals surface area contributed by atoms with Crippen molar-refractivity contribution in [1.29, 1.82) is 0 Å². The van der Waals surface area contributed by atoms with Gasteiger partial charge in [0.2, 0.25) is 21.9 Å². The number of hydrogen-bond acceptors (Lipinski definition) is 9. The fourth-order valence-corrected chi connectivity index (χ4v) is 3.35. The summed E-state index contributed by atoms with van der Waals surface area (Å²) >= 11 is 0. The zero-order valence-electron chi connectivity index (χ0n) is 14.6. The maximum Gasteiger partial charge on any atom is 0.238 e. The fraction of sp³-hybridized carbons (Fsp3) is 0.125. The molecule has 0 atom stereocenters. The largest absolute Gasteiger partial charge is 0.398 e.